The van der Waals surface area contributed by atoms with Crippen LogP contribution in [0.4, 0.5) is 0 Å². The summed E-state index contributed by atoms with van der Waals surface area (Å²) in [5.41, 5.74) is 7.99. The highest BCUT2D eigenvalue weighted by Gasteiger charge is 2.17. The van der Waals surface area contributed by atoms with Gasteiger partial charge >= 0.3 is 0 Å². The molecule has 2 N–H and O–H groups in total. The molecule has 1 saturated carbocycles. The average Bonchev–Trinajstić information content (AvgIpc) is 2.74. The maximum absolute atomic E-state index is 5.59. The summed E-state index contributed by atoms with van der Waals surface area (Å²) in [4.78, 5) is 4.50. The Morgan fingerprint density at radius 2 is 2.20 bits per heavy atom. The Hall–Kier alpha value is -0.540. The van der Waals surface area contributed by atoms with Gasteiger partial charge in [-0.3, -0.25) is 0 Å². The maximum atomic E-state index is 5.59. The van der Waals surface area contributed by atoms with Crippen molar-refractivity contribution in [2.24, 2.45) is 5.73 Å². The molecule has 1 heterocycles. The third-order valence-electron chi connectivity index (χ3n) is 2.90. The first-order valence-electron chi connectivity index (χ1n) is 5.62. The molecule has 0 radical (unpaired) electrons. The topological polar surface area (TPSA) is 38.9 Å². The van der Waals surface area contributed by atoms with Crippen molar-refractivity contribution >= 4 is 11.8 Å². The van der Waals surface area contributed by atoms with Gasteiger partial charge in [0, 0.05) is 18.0 Å². The molecule has 0 unspecified atom stereocenters. The van der Waals surface area contributed by atoms with E-state index < -0.39 is 0 Å². The van der Waals surface area contributed by atoms with Gasteiger partial charge in [-0.05, 0) is 30.9 Å². The molecule has 0 spiro atoms. The van der Waals surface area contributed by atoms with Gasteiger partial charge < -0.3 is 5.73 Å². The van der Waals surface area contributed by atoms with Gasteiger partial charge in [0.15, 0.2) is 0 Å². The first-order chi connectivity index (χ1) is 7.29. The molecular formula is C12H18N2S. The fraction of sp³-hybridized carbons (Fsp3) is 0.583. The van der Waals surface area contributed by atoms with Gasteiger partial charge in [0.1, 0.15) is 0 Å². The minimum atomic E-state index is 0.586. The van der Waals surface area contributed by atoms with Crippen molar-refractivity contribution in [1.29, 1.82) is 0 Å². The van der Waals surface area contributed by atoms with E-state index in [0.717, 1.165) is 10.8 Å². The number of pyridine rings is 1. The van der Waals surface area contributed by atoms with Crippen LogP contribution in [0.3, 0.4) is 0 Å². The summed E-state index contributed by atoms with van der Waals surface area (Å²) in [7, 11) is 0. The van der Waals surface area contributed by atoms with Crippen molar-refractivity contribution in [2.45, 2.75) is 49.4 Å². The molecule has 0 saturated heterocycles. The van der Waals surface area contributed by atoms with E-state index in [1.807, 2.05) is 18.0 Å². The zero-order chi connectivity index (χ0) is 10.7. The quantitative estimate of drug-likeness (QED) is 0.854. The third-order valence-corrected chi connectivity index (χ3v) is 4.36. The van der Waals surface area contributed by atoms with E-state index in [4.69, 9.17) is 5.73 Å². The highest BCUT2D eigenvalue weighted by Crippen LogP contribution is 2.35. The standard InChI is InChI=1S/C12H18N2S/c1-9-6-10(7-13)8-14-12(9)15-11-4-2-3-5-11/h6,8,11H,2-5,7,13H2,1H3. The van der Waals surface area contributed by atoms with E-state index in [-0.39, 0.29) is 0 Å². The van der Waals surface area contributed by atoms with Gasteiger partial charge in [-0.2, -0.15) is 0 Å². The summed E-state index contributed by atoms with van der Waals surface area (Å²) in [6.45, 7) is 2.71. The molecule has 82 valence electrons. The lowest BCUT2D eigenvalue weighted by Crippen LogP contribution is -2.01. The van der Waals surface area contributed by atoms with Crippen LogP contribution >= 0.6 is 11.8 Å². The van der Waals surface area contributed by atoms with E-state index in [1.54, 1.807) is 0 Å². The smallest absolute Gasteiger partial charge is 0.0991 e. The SMILES string of the molecule is Cc1cc(CN)cnc1SC1CCCC1. The zero-order valence-corrected chi connectivity index (χ0v) is 10.0. The van der Waals surface area contributed by atoms with Gasteiger partial charge in [-0.1, -0.05) is 18.9 Å². The Balaban J connectivity index is 2.07. The summed E-state index contributed by atoms with van der Waals surface area (Å²) in [6, 6.07) is 2.16. The van der Waals surface area contributed by atoms with Crippen LogP contribution in [0.25, 0.3) is 0 Å². The summed E-state index contributed by atoms with van der Waals surface area (Å²) in [6.07, 6.45) is 7.38. The van der Waals surface area contributed by atoms with E-state index in [0.29, 0.717) is 6.54 Å². The van der Waals surface area contributed by atoms with Crippen LogP contribution in [-0.2, 0) is 6.54 Å². The second-order valence-corrected chi connectivity index (χ2v) is 5.48. The summed E-state index contributed by atoms with van der Waals surface area (Å²) in [5.74, 6) is 0. The van der Waals surface area contributed by atoms with Crippen LogP contribution in [0.2, 0.25) is 0 Å². The van der Waals surface area contributed by atoms with Crippen molar-refractivity contribution < 1.29 is 0 Å². The van der Waals surface area contributed by atoms with Gasteiger partial charge in [-0.25, -0.2) is 4.98 Å². The van der Waals surface area contributed by atoms with Crippen molar-refractivity contribution in [3.8, 4) is 0 Å². The number of hydrogen-bond donors (Lipinski definition) is 1. The third kappa shape index (κ3) is 2.73. The lowest BCUT2D eigenvalue weighted by molar-refractivity contribution is 0.886. The fourth-order valence-electron chi connectivity index (χ4n) is 2.02. The van der Waals surface area contributed by atoms with Gasteiger partial charge in [0.05, 0.1) is 5.03 Å². The molecule has 2 rings (SSSR count). The molecule has 3 heteroatoms. The molecule has 0 bridgehead atoms. The minimum Gasteiger partial charge on any atom is -0.326 e. The Morgan fingerprint density at radius 1 is 1.47 bits per heavy atom. The highest BCUT2D eigenvalue weighted by atomic mass is 32.2. The van der Waals surface area contributed by atoms with Gasteiger partial charge in [0.2, 0.25) is 0 Å². The van der Waals surface area contributed by atoms with Crippen LogP contribution in [0.5, 0.6) is 0 Å². The Labute approximate surface area is 95.7 Å². The number of aryl methyl sites for hydroxylation is 1. The Kier molecular flexibility index (Phi) is 3.65. The number of rotatable bonds is 3. The van der Waals surface area contributed by atoms with E-state index in [1.165, 1.54) is 36.3 Å². The molecule has 2 nitrogen and oxygen atoms in total. The van der Waals surface area contributed by atoms with Crippen LogP contribution in [0.1, 0.15) is 36.8 Å². The molecule has 1 fully saturated rings. The summed E-state index contributed by atoms with van der Waals surface area (Å²) >= 11 is 1.95. The molecular weight excluding hydrogens is 204 g/mol. The van der Waals surface area contributed by atoms with Crippen LogP contribution in [0.15, 0.2) is 17.3 Å². The molecule has 1 aliphatic rings. The Morgan fingerprint density at radius 3 is 2.80 bits per heavy atom. The normalized spacial score (nSPS) is 17.2. The summed E-state index contributed by atoms with van der Waals surface area (Å²) < 4.78 is 0. The van der Waals surface area contributed by atoms with Crippen molar-refractivity contribution in [1.82, 2.24) is 4.98 Å². The number of aromatic nitrogens is 1. The fourth-order valence-corrected chi connectivity index (χ4v) is 3.26. The second-order valence-electron chi connectivity index (χ2n) is 4.19. The molecule has 0 aliphatic heterocycles. The minimum absolute atomic E-state index is 0.586. The predicted molar refractivity (Wildman–Crippen MR) is 65.0 cm³/mol. The van der Waals surface area contributed by atoms with Crippen molar-refractivity contribution in [2.75, 3.05) is 0 Å². The Bertz CT molecular complexity index is 332. The predicted octanol–water partition coefficient (Wildman–Crippen LogP) is 2.88. The van der Waals surface area contributed by atoms with Crippen molar-refractivity contribution in [3.63, 3.8) is 0 Å². The van der Waals surface area contributed by atoms with Crippen LogP contribution in [-0.4, -0.2) is 10.2 Å². The maximum Gasteiger partial charge on any atom is 0.0991 e. The molecule has 0 amide bonds. The molecule has 1 aromatic heterocycles. The number of hydrogen-bond acceptors (Lipinski definition) is 3. The molecule has 0 atom stereocenters. The average molecular weight is 222 g/mol. The molecule has 15 heavy (non-hydrogen) atoms. The highest BCUT2D eigenvalue weighted by molar-refractivity contribution is 7.99. The van der Waals surface area contributed by atoms with E-state index >= 15 is 0 Å². The molecule has 0 aromatic carbocycles. The largest absolute Gasteiger partial charge is 0.326 e. The first kappa shape index (κ1) is 11.0. The molecule has 1 aliphatic carbocycles. The second kappa shape index (κ2) is 4.99. The first-order valence-corrected chi connectivity index (χ1v) is 6.50. The monoisotopic (exact) mass is 222 g/mol. The lowest BCUT2D eigenvalue weighted by atomic mass is 10.2. The van der Waals surface area contributed by atoms with Crippen molar-refractivity contribution in [3.05, 3.63) is 23.4 Å². The number of nitrogens with two attached hydrogens (primary N) is 1. The van der Waals surface area contributed by atoms with Gasteiger partial charge in [-0.15, -0.1) is 11.8 Å². The van der Waals surface area contributed by atoms with Crippen LogP contribution in [0, 0.1) is 6.92 Å². The summed E-state index contributed by atoms with van der Waals surface area (Å²) in [5, 5.41) is 1.99. The molecule has 1 aromatic rings. The lowest BCUT2D eigenvalue weighted by Gasteiger charge is -2.10. The van der Waals surface area contributed by atoms with E-state index in [9.17, 15) is 0 Å². The zero-order valence-electron chi connectivity index (χ0n) is 9.20. The number of thioether (sulfide) groups is 1. The van der Waals surface area contributed by atoms with E-state index in [2.05, 4.69) is 18.0 Å². The van der Waals surface area contributed by atoms with Crippen LogP contribution < -0.4 is 5.73 Å². The van der Waals surface area contributed by atoms with Gasteiger partial charge in [0.25, 0.3) is 0 Å². The number of nitrogens with zero attached hydrogens (tertiary/aromatic N) is 1.